The number of carbonyl (C=O) groups is 1. The molecule has 0 bridgehead atoms. The number of nitrogens with one attached hydrogen (secondary N) is 1. The van der Waals surface area contributed by atoms with E-state index in [9.17, 15) is 4.79 Å². The molecule has 1 aromatic heterocycles. The van der Waals surface area contributed by atoms with E-state index in [4.69, 9.17) is 14.2 Å². The number of aromatic nitrogens is 1. The summed E-state index contributed by atoms with van der Waals surface area (Å²) in [5, 5.41) is 0. The van der Waals surface area contributed by atoms with Gasteiger partial charge in [-0.1, -0.05) is 0 Å². The summed E-state index contributed by atoms with van der Waals surface area (Å²) in [6, 6.07) is 3.66. The number of ether oxygens (including phenoxy) is 1. The second-order valence-corrected chi connectivity index (χ2v) is 3.86. The van der Waals surface area contributed by atoms with Crippen molar-refractivity contribution in [3.8, 4) is 0 Å². The highest BCUT2D eigenvalue weighted by atomic mass is 35.5. The van der Waals surface area contributed by atoms with E-state index in [0.717, 1.165) is 18.8 Å². The maximum Gasteiger partial charge on any atom is 0.293 e. The van der Waals surface area contributed by atoms with Crippen molar-refractivity contribution in [1.29, 1.82) is 0 Å². The molecule has 1 aliphatic heterocycles. The summed E-state index contributed by atoms with van der Waals surface area (Å²) in [6.45, 7) is 5.31. The summed E-state index contributed by atoms with van der Waals surface area (Å²) in [4.78, 5) is 22.8. The van der Waals surface area contributed by atoms with E-state index in [1.807, 2.05) is 6.07 Å². The number of hydrogen-bond donors (Lipinski definition) is 2. The zero-order valence-electron chi connectivity index (χ0n) is 11.2. The van der Waals surface area contributed by atoms with Gasteiger partial charge in [0.2, 0.25) is 0 Å². The fourth-order valence-electron chi connectivity index (χ4n) is 1.75. The van der Waals surface area contributed by atoms with Crippen LogP contribution in [-0.4, -0.2) is 48.5 Å². The number of anilines is 1. The van der Waals surface area contributed by atoms with Crippen molar-refractivity contribution < 1.29 is 19.0 Å². The predicted molar refractivity (Wildman–Crippen MR) is 74.4 cm³/mol. The van der Waals surface area contributed by atoms with Crippen molar-refractivity contribution in [2.45, 2.75) is 6.92 Å². The Morgan fingerprint density at radius 3 is 2.90 bits per heavy atom. The summed E-state index contributed by atoms with van der Waals surface area (Å²) in [7, 11) is 0. The number of halogens is 1. The van der Waals surface area contributed by atoms with E-state index in [1.54, 1.807) is 19.2 Å². The first-order valence-corrected chi connectivity index (χ1v) is 6.53. The van der Waals surface area contributed by atoms with Gasteiger partial charge < -0.3 is 9.64 Å². The highest BCUT2D eigenvalue weighted by molar-refractivity contribution is 6.04. The minimum absolute atomic E-state index is 0.327. The van der Waals surface area contributed by atoms with Crippen molar-refractivity contribution in [1.82, 2.24) is 10.5 Å². The number of pyridine rings is 1. The van der Waals surface area contributed by atoms with Gasteiger partial charge in [0.25, 0.3) is 5.91 Å². The fourth-order valence-corrected chi connectivity index (χ4v) is 1.75. The summed E-state index contributed by atoms with van der Waals surface area (Å²) in [6.07, 6.45) is 1.63. The van der Waals surface area contributed by atoms with Gasteiger partial charge in [0.15, 0.2) is 0 Å². The molecule has 2 N–H and O–H groups in total. The summed E-state index contributed by atoms with van der Waals surface area (Å²) in [5.41, 5.74) is 3.67. The Labute approximate surface area is 122 Å². The molecule has 0 aliphatic carbocycles. The molecule has 0 aromatic carbocycles. The van der Waals surface area contributed by atoms with Gasteiger partial charge in [-0.2, -0.15) is 0 Å². The molecule has 0 radical (unpaired) electrons. The second-order valence-electron chi connectivity index (χ2n) is 3.86. The third kappa shape index (κ3) is 4.93. The SMILES string of the molecule is CCONC(=O)c1cc(N2CCOCC2)ccn1.OCl. The Kier molecular flexibility index (Phi) is 7.89. The Morgan fingerprint density at radius 1 is 1.55 bits per heavy atom. The van der Waals surface area contributed by atoms with E-state index in [2.05, 4.69) is 27.2 Å². The third-order valence-electron chi connectivity index (χ3n) is 2.66. The maximum atomic E-state index is 11.7. The predicted octanol–water partition coefficient (Wildman–Crippen LogP) is 0.732. The molecule has 1 amide bonds. The van der Waals surface area contributed by atoms with E-state index in [-0.39, 0.29) is 5.91 Å². The normalized spacial score (nSPS) is 14.2. The van der Waals surface area contributed by atoms with E-state index < -0.39 is 0 Å². The molecule has 1 aliphatic rings. The maximum absolute atomic E-state index is 11.7. The summed E-state index contributed by atoms with van der Waals surface area (Å²) in [5.74, 6) is -0.327. The molecule has 7 nitrogen and oxygen atoms in total. The van der Waals surface area contributed by atoms with Crippen LogP contribution in [0.4, 0.5) is 5.69 Å². The van der Waals surface area contributed by atoms with Crippen molar-refractivity contribution >= 4 is 23.5 Å². The van der Waals surface area contributed by atoms with Crippen molar-refractivity contribution in [2.24, 2.45) is 0 Å². The quantitative estimate of drug-likeness (QED) is 0.798. The first-order valence-electron chi connectivity index (χ1n) is 6.19. The number of rotatable bonds is 4. The van der Waals surface area contributed by atoms with E-state index in [1.165, 1.54) is 0 Å². The lowest BCUT2D eigenvalue weighted by atomic mass is 10.2. The largest absolute Gasteiger partial charge is 0.378 e. The number of amides is 1. The Morgan fingerprint density at radius 2 is 2.25 bits per heavy atom. The number of nitrogens with zero attached hydrogens (tertiary/aromatic N) is 2. The van der Waals surface area contributed by atoms with Crippen LogP contribution in [-0.2, 0) is 9.57 Å². The van der Waals surface area contributed by atoms with Crippen LogP contribution in [0, 0.1) is 0 Å². The monoisotopic (exact) mass is 303 g/mol. The van der Waals surface area contributed by atoms with Gasteiger partial charge in [-0.25, -0.2) is 5.48 Å². The van der Waals surface area contributed by atoms with Crippen LogP contribution in [0.25, 0.3) is 0 Å². The lowest BCUT2D eigenvalue weighted by molar-refractivity contribution is 0.0360. The molecule has 0 atom stereocenters. The Hall–Kier alpha value is -1.41. The molecule has 112 valence electrons. The standard InChI is InChI=1S/C12H17N3O3.ClHO/c1-2-18-14-12(16)11-9-10(3-4-13-11)15-5-7-17-8-6-15;1-2/h3-4,9H,2,5-8H2,1H3,(H,14,16);2H. The number of hydrogen-bond acceptors (Lipinski definition) is 6. The topological polar surface area (TPSA) is 83.9 Å². The summed E-state index contributed by atoms with van der Waals surface area (Å²) < 4.78 is 11.8. The molecule has 1 aromatic rings. The van der Waals surface area contributed by atoms with Gasteiger partial charge >= 0.3 is 0 Å². The lowest BCUT2D eigenvalue weighted by Gasteiger charge is -2.28. The lowest BCUT2D eigenvalue weighted by Crippen LogP contribution is -2.36. The van der Waals surface area contributed by atoms with Crippen LogP contribution in [0.5, 0.6) is 0 Å². The van der Waals surface area contributed by atoms with Gasteiger partial charge in [-0.15, -0.1) is 0 Å². The van der Waals surface area contributed by atoms with Crippen LogP contribution in [0.1, 0.15) is 17.4 Å². The number of hydroxylamine groups is 1. The molecule has 2 rings (SSSR count). The minimum Gasteiger partial charge on any atom is -0.378 e. The summed E-state index contributed by atoms with van der Waals surface area (Å²) >= 11 is 3.64. The van der Waals surface area contributed by atoms with Gasteiger partial charge in [0.1, 0.15) is 5.69 Å². The second kappa shape index (κ2) is 9.49. The van der Waals surface area contributed by atoms with Crippen LogP contribution in [0.15, 0.2) is 18.3 Å². The zero-order valence-corrected chi connectivity index (χ0v) is 12.0. The fraction of sp³-hybridized carbons (Fsp3) is 0.500. The molecule has 1 fully saturated rings. The molecule has 1 saturated heterocycles. The molecule has 0 unspecified atom stereocenters. The van der Waals surface area contributed by atoms with Gasteiger partial charge in [0.05, 0.1) is 31.7 Å². The molecule has 8 heteroatoms. The first-order chi connectivity index (χ1) is 9.81. The first kappa shape index (κ1) is 16.6. The molecular weight excluding hydrogens is 286 g/mol. The zero-order chi connectivity index (χ0) is 14.8. The third-order valence-corrected chi connectivity index (χ3v) is 2.66. The molecule has 2 heterocycles. The number of carbonyl (C=O) groups excluding carboxylic acids is 1. The van der Waals surface area contributed by atoms with Gasteiger partial charge in [-0.3, -0.25) is 19.3 Å². The molecule has 0 spiro atoms. The van der Waals surface area contributed by atoms with Crippen LogP contribution < -0.4 is 10.4 Å². The highest BCUT2D eigenvalue weighted by Gasteiger charge is 2.14. The minimum atomic E-state index is -0.327. The highest BCUT2D eigenvalue weighted by Crippen LogP contribution is 2.15. The average Bonchev–Trinajstić information content (AvgIpc) is 2.55. The van der Waals surface area contributed by atoms with Crippen LogP contribution in [0.3, 0.4) is 0 Å². The van der Waals surface area contributed by atoms with Crippen LogP contribution >= 0.6 is 11.9 Å². The van der Waals surface area contributed by atoms with Gasteiger partial charge in [0, 0.05) is 25.0 Å². The van der Waals surface area contributed by atoms with Crippen molar-refractivity contribution in [2.75, 3.05) is 37.8 Å². The van der Waals surface area contributed by atoms with Crippen molar-refractivity contribution in [3.05, 3.63) is 24.0 Å². The van der Waals surface area contributed by atoms with Gasteiger partial charge in [-0.05, 0) is 19.1 Å². The van der Waals surface area contributed by atoms with Crippen molar-refractivity contribution in [3.63, 3.8) is 0 Å². The van der Waals surface area contributed by atoms with Crippen LogP contribution in [0.2, 0.25) is 0 Å². The Balaban J connectivity index is 0.000000956. The van der Waals surface area contributed by atoms with E-state index in [0.29, 0.717) is 25.5 Å². The molecule has 0 saturated carbocycles. The number of morpholine rings is 1. The van der Waals surface area contributed by atoms with E-state index >= 15 is 0 Å². The molecular formula is C12H18ClN3O4. The smallest absolute Gasteiger partial charge is 0.293 e. The molecule has 20 heavy (non-hydrogen) atoms. The average molecular weight is 304 g/mol. The Bertz CT molecular complexity index is 413.